The lowest BCUT2D eigenvalue weighted by atomic mass is 9.70. The fourth-order valence-electron chi connectivity index (χ4n) is 5.58. The van der Waals surface area contributed by atoms with Gasteiger partial charge in [0, 0.05) is 24.9 Å². The number of alkyl halides is 5. The molecule has 0 spiro atoms. The van der Waals surface area contributed by atoms with Crippen LogP contribution in [0.25, 0.3) is 0 Å². The third-order valence-corrected chi connectivity index (χ3v) is 7.50. The lowest BCUT2D eigenvalue weighted by Gasteiger charge is -2.55. The van der Waals surface area contributed by atoms with E-state index in [1.54, 1.807) is 5.32 Å². The molecule has 0 radical (unpaired) electrons. The maximum Gasteiger partial charge on any atom is 0.471 e. The number of nitriles is 1. The first-order valence-corrected chi connectivity index (χ1v) is 12.5. The number of rotatable bonds is 6. The zero-order valence-electron chi connectivity index (χ0n) is 21.3. The van der Waals surface area contributed by atoms with E-state index < -0.39 is 77.7 Å². The van der Waals surface area contributed by atoms with Crippen LogP contribution >= 0.6 is 0 Å². The SMILES string of the molecule is CC(C)(C)[C@H](NC(=O)C(F)(F)F)C(=O)N1[C@H]2CC[C@@H]([C@@H]1C(=O)N[C@H](C#N)C[C@@H]1CCCNC1=O)C(F)(F)C2. The first-order chi connectivity index (χ1) is 17.5. The molecule has 212 valence electrons. The van der Waals surface area contributed by atoms with Gasteiger partial charge in [-0.2, -0.15) is 18.4 Å². The van der Waals surface area contributed by atoms with Crippen molar-refractivity contribution >= 4 is 23.6 Å². The first-order valence-electron chi connectivity index (χ1n) is 12.5. The highest BCUT2D eigenvalue weighted by Gasteiger charge is 2.61. The highest BCUT2D eigenvalue weighted by atomic mass is 19.4. The third-order valence-electron chi connectivity index (χ3n) is 7.50. The molecule has 6 atom stereocenters. The van der Waals surface area contributed by atoms with Crippen LogP contribution in [0.2, 0.25) is 0 Å². The number of hydrogen-bond acceptors (Lipinski definition) is 5. The summed E-state index contributed by atoms with van der Waals surface area (Å²) in [6.45, 7) is 4.69. The van der Waals surface area contributed by atoms with Crippen LogP contribution in [0.5, 0.6) is 0 Å². The van der Waals surface area contributed by atoms with Crippen molar-refractivity contribution in [3.05, 3.63) is 0 Å². The van der Waals surface area contributed by atoms with Gasteiger partial charge in [0.1, 0.15) is 18.1 Å². The number of hydrogen-bond donors (Lipinski definition) is 3. The molecule has 3 aliphatic heterocycles. The molecule has 3 heterocycles. The molecule has 4 fully saturated rings. The second-order valence-corrected chi connectivity index (χ2v) is 11.3. The summed E-state index contributed by atoms with van der Waals surface area (Å²) in [5.41, 5.74) is -1.26. The van der Waals surface area contributed by atoms with Crippen LogP contribution in [0.3, 0.4) is 0 Å². The van der Waals surface area contributed by atoms with E-state index in [1.807, 2.05) is 6.07 Å². The minimum Gasteiger partial charge on any atom is -0.356 e. The van der Waals surface area contributed by atoms with E-state index in [4.69, 9.17) is 0 Å². The normalized spacial score (nSPS) is 28.5. The second kappa shape index (κ2) is 10.6. The molecule has 1 aliphatic carbocycles. The predicted molar refractivity (Wildman–Crippen MR) is 122 cm³/mol. The van der Waals surface area contributed by atoms with E-state index in [9.17, 15) is 46.4 Å². The summed E-state index contributed by atoms with van der Waals surface area (Å²) >= 11 is 0. The number of piperidine rings is 3. The van der Waals surface area contributed by atoms with Crippen molar-refractivity contribution in [3.8, 4) is 6.07 Å². The Morgan fingerprint density at radius 2 is 1.82 bits per heavy atom. The summed E-state index contributed by atoms with van der Waals surface area (Å²) in [6, 6.07) is -4.06. The minimum absolute atomic E-state index is 0.0640. The summed E-state index contributed by atoms with van der Waals surface area (Å²) < 4.78 is 68.9. The third kappa shape index (κ3) is 6.18. The summed E-state index contributed by atoms with van der Waals surface area (Å²) in [5.74, 6) is -10.3. The molecule has 0 aromatic rings. The molecule has 0 unspecified atom stereocenters. The Kier molecular flexibility index (Phi) is 8.29. The van der Waals surface area contributed by atoms with Crippen LogP contribution in [0.4, 0.5) is 22.0 Å². The van der Waals surface area contributed by atoms with Gasteiger partial charge in [-0.3, -0.25) is 19.2 Å². The van der Waals surface area contributed by atoms with Crippen molar-refractivity contribution in [2.75, 3.05) is 6.54 Å². The predicted octanol–water partition coefficient (Wildman–Crippen LogP) is 2.02. The first kappa shape index (κ1) is 29.6. The van der Waals surface area contributed by atoms with Gasteiger partial charge in [-0.05, 0) is 37.5 Å². The maximum absolute atomic E-state index is 14.9. The molecule has 14 heteroatoms. The van der Waals surface area contributed by atoms with Crippen LogP contribution in [0.1, 0.15) is 59.3 Å². The molecule has 0 aromatic heterocycles. The van der Waals surface area contributed by atoms with Gasteiger partial charge >= 0.3 is 12.1 Å². The zero-order valence-corrected chi connectivity index (χ0v) is 21.3. The molecule has 2 bridgehead atoms. The number of amides is 4. The van der Waals surface area contributed by atoms with Crippen LogP contribution in [-0.4, -0.2) is 71.3 Å². The van der Waals surface area contributed by atoms with E-state index in [-0.39, 0.29) is 25.2 Å². The molecule has 9 nitrogen and oxygen atoms in total. The van der Waals surface area contributed by atoms with Gasteiger partial charge in [-0.1, -0.05) is 20.8 Å². The van der Waals surface area contributed by atoms with Crippen LogP contribution < -0.4 is 16.0 Å². The van der Waals surface area contributed by atoms with Crippen LogP contribution in [0, 0.1) is 28.6 Å². The largest absolute Gasteiger partial charge is 0.471 e. The van der Waals surface area contributed by atoms with Crippen molar-refractivity contribution in [2.45, 2.75) is 95.6 Å². The lowest BCUT2D eigenvalue weighted by molar-refractivity contribution is -0.197. The topological polar surface area (TPSA) is 131 Å². The Hall–Kier alpha value is -2.98. The number of carbonyl (C=O) groups excluding carboxylic acids is 4. The summed E-state index contributed by atoms with van der Waals surface area (Å²) in [4.78, 5) is 51.7. The molecule has 4 amide bonds. The molecular formula is C24H32F5N5O4. The fraction of sp³-hybridized carbons (Fsp3) is 0.792. The number of carbonyl (C=O) groups is 4. The van der Waals surface area contributed by atoms with Crippen molar-refractivity contribution < 1.29 is 41.1 Å². The quantitative estimate of drug-likeness (QED) is 0.437. The second-order valence-electron chi connectivity index (χ2n) is 11.3. The maximum atomic E-state index is 14.9. The molecule has 1 saturated carbocycles. The van der Waals surface area contributed by atoms with Crippen molar-refractivity contribution in [1.82, 2.24) is 20.9 Å². The molecular weight excluding hydrogens is 517 g/mol. The molecule has 4 rings (SSSR count). The Morgan fingerprint density at radius 3 is 2.34 bits per heavy atom. The van der Waals surface area contributed by atoms with Gasteiger partial charge in [-0.15, -0.1) is 0 Å². The smallest absolute Gasteiger partial charge is 0.356 e. The molecule has 38 heavy (non-hydrogen) atoms. The van der Waals surface area contributed by atoms with Gasteiger partial charge in [0.05, 0.1) is 12.0 Å². The van der Waals surface area contributed by atoms with Gasteiger partial charge in [0.15, 0.2) is 0 Å². The van der Waals surface area contributed by atoms with Crippen LogP contribution in [-0.2, 0) is 19.2 Å². The zero-order chi connectivity index (χ0) is 28.6. The molecule has 0 aromatic carbocycles. The number of fused-ring (bicyclic) bond motifs is 3. The van der Waals surface area contributed by atoms with E-state index >= 15 is 0 Å². The van der Waals surface area contributed by atoms with Crippen molar-refractivity contribution in [3.63, 3.8) is 0 Å². The number of nitrogens with one attached hydrogen (secondary N) is 3. The Morgan fingerprint density at radius 1 is 1.16 bits per heavy atom. The van der Waals surface area contributed by atoms with E-state index in [2.05, 4.69) is 10.6 Å². The van der Waals surface area contributed by atoms with Gasteiger partial charge in [0.2, 0.25) is 17.7 Å². The molecule has 4 aliphatic rings. The van der Waals surface area contributed by atoms with Crippen molar-refractivity contribution in [2.24, 2.45) is 17.3 Å². The average molecular weight is 550 g/mol. The average Bonchev–Trinajstić information content (AvgIpc) is 2.80. The molecule has 3 saturated heterocycles. The van der Waals surface area contributed by atoms with Gasteiger partial charge in [-0.25, -0.2) is 8.78 Å². The Balaban J connectivity index is 1.90. The molecule has 3 N–H and O–H groups in total. The van der Waals surface area contributed by atoms with E-state index in [1.165, 1.54) is 20.8 Å². The van der Waals surface area contributed by atoms with Gasteiger partial charge < -0.3 is 20.9 Å². The fourth-order valence-corrected chi connectivity index (χ4v) is 5.58. The standard InChI is InChI=1S/C24H32F5N5O4/c1-22(2,3)17(33-21(38)24(27,28)29)20(37)34-14-6-7-15(23(25,26)10-14)16(34)19(36)32-13(11-30)9-12-5-4-8-31-18(12)35/h12-17H,4-10H2,1-3H3,(H,31,35)(H,32,36)(H,33,38)/t12-,13-,14-,15-,16+,17+/m0/s1. The summed E-state index contributed by atoms with van der Waals surface area (Å²) in [7, 11) is 0. The number of halogens is 5. The van der Waals surface area contributed by atoms with Crippen LogP contribution in [0.15, 0.2) is 0 Å². The Labute approximate surface area is 216 Å². The van der Waals surface area contributed by atoms with E-state index in [0.717, 1.165) is 4.90 Å². The highest BCUT2D eigenvalue weighted by Crippen LogP contribution is 2.49. The summed E-state index contributed by atoms with van der Waals surface area (Å²) in [5, 5.41) is 16.3. The number of nitrogens with zero attached hydrogens (tertiary/aromatic N) is 2. The van der Waals surface area contributed by atoms with E-state index in [0.29, 0.717) is 19.4 Å². The Bertz CT molecular complexity index is 1010. The highest BCUT2D eigenvalue weighted by molar-refractivity contribution is 5.94. The van der Waals surface area contributed by atoms with Crippen molar-refractivity contribution in [1.29, 1.82) is 5.26 Å². The lowest BCUT2D eigenvalue weighted by Crippen LogP contribution is -2.71. The summed E-state index contributed by atoms with van der Waals surface area (Å²) in [6.07, 6.45) is -5.00. The minimum atomic E-state index is -5.29. The van der Waals surface area contributed by atoms with Gasteiger partial charge in [0.25, 0.3) is 5.92 Å². The monoisotopic (exact) mass is 549 g/mol.